The van der Waals surface area contributed by atoms with E-state index in [-0.39, 0.29) is 0 Å². The van der Waals surface area contributed by atoms with Gasteiger partial charge in [0.2, 0.25) is 0 Å². The Balaban J connectivity index is 1.87. The number of thiazole rings is 1. The highest BCUT2D eigenvalue weighted by molar-refractivity contribution is 7.15. The molecule has 2 nitrogen and oxygen atoms in total. The SMILES string of the molecule is Cc1cccc(-c2nc3c(s2)CCCC3CNC(C)C)c1. The first-order valence-corrected chi connectivity index (χ1v) is 8.75. The van der Waals surface area contributed by atoms with Gasteiger partial charge >= 0.3 is 0 Å². The molecule has 0 bridgehead atoms. The van der Waals surface area contributed by atoms with Gasteiger partial charge in [-0.3, -0.25) is 0 Å². The molecule has 1 aromatic carbocycles. The Morgan fingerprint density at radius 3 is 3.00 bits per heavy atom. The monoisotopic (exact) mass is 300 g/mol. The first-order chi connectivity index (χ1) is 10.1. The van der Waals surface area contributed by atoms with E-state index in [1.807, 2.05) is 11.3 Å². The summed E-state index contributed by atoms with van der Waals surface area (Å²) in [5, 5.41) is 4.77. The predicted molar refractivity (Wildman–Crippen MR) is 91.1 cm³/mol. The van der Waals surface area contributed by atoms with Crippen LogP contribution in [0.2, 0.25) is 0 Å². The fourth-order valence-electron chi connectivity index (χ4n) is 2.99. The average Bonchev–Trinajstić information content (AvgIpc) is 2.89. The molecule has 3 rings (SSSR count). The fraction of sp³-hybridized carbons (Fsp3) is 0.500. The summed E-state index contributed by atoms with van der Waals surface area (Å²) in [4.78, 5) is 6.51. The maximum absolute atomic E-state index is 5.00. The minimum absolute atomic E-state index is 0.547. The third-order valence-electron chi connectivity index (χ3n) is 4.11. The molecule has 0 amide bonds. The highest BCUT2D eigenvalue weighted by Crippen LogP contribution is 2.38. The molecule has 1 aliphatic rings. The lowest BCUT2D eigenvalue weighted by molar-refractivity contribution is 0.475. The number of nitrogens with one attached hydrogen (secondary N) is 1. The lowest BCUT2D eigenvalue weighted by Crippen LogP contribution is -2.29. The number of fused-ring (bicyclic) bond motifs is 1. The number of hydrogen-bond acceptors (Lipinski definition) is 3. The number of benzene rings is 1. The zero-order valence-corrected chi connectivity index (χ0v) is 14.0. The van der Waals surface area contributed by atoms with Gasteiger partial charge in [-0.15, -0.1) is 11.3 Å². The molecule has 0 radical (unpaired) electrons. The van der Waals surface area contributed by atoms with Crippen LogP contribution in [-0.2, 0) is 6.42 Å². The summed E-state index contributed by atoms with van der Waals surface area (Å²) in [6.45, 7) is 7.62. The van der Waals surface area contributed by atoms with Crippen molar-refractivity contribution in [2.45, 2.75) is 52.0 Å². The topological polar surface area (TPSA) is 24.9 Å². The molecule has 0 saturated carbocycles. The van der Waals surface area contributed by atoms with Crippen molar-refractivity contribution >= 4 is 11.3 Å². The van der Waals surface area contributed by atoms with Gasteiger partial charge in [0, 0.05) is 28.9 Å². The van der Waals surface area contributed by atoms with Crippen LogP contribution in [0.5, 0.6) is 0 Å². The molecule has 1 aliphatic carbocycles. The number of rotatable bonds is 4. The number of aromatic nitrogens is 1. The van der Waals surface area contributed by atoms with Gasteiger partial charge in [0.05, 0.1) is 5.69 Å². The van der Waals surface area contributed by atoms with E-state index in [2.05, 4.69) is 50.4 Å². The van der Waals surface area contributed by atoms with E-state index in [1.165, 1.54) is 46.0 Å². The molecule has 0 aliphatic heterocycles. The van der Waals surface area contributed by atoms with E-state index in [9.17, 15) is 0 Å². The molecule has 3 heteroatoms. The van der Waals surface area contributed by atoms with Crippen LogP contribution in [0.15, 0.2) is 24.3 Å². The van der Waals surface area contributed by atoms with Gasteiger partial charge in [0.15, 0.2) is 0 Å². The second kappa shape index (κ2) is 6.29. The number of nitrogens with zero attached hydrogens (tertiary/aromatic N) is 1. The third-order valence-corrected chi connectivity index (χ3v) is 5.29. The largest absolute Gasteiger partial charge is 0.314 e. The van der Waals surface area contributed by atoms with Crippen LogP contribution >= 0.6 is 11.3 Å². The summed E-state index contributed by atoms with van der Waals surface area (Å²) in [6, 6.07) is 9.24. The standard InChI is InChI=1S/C18H24N2S/c1-12(2)19-11-15-8-5-9-16-17(15)20-18(21-16)14-7-4-6-13(3)10-14/h4,6-7,10,12,15,19H,5,8-9,11H2,1-3H3. The molecule has 0 fully saturated rings. The van der Waals surface area contributed by atoms with Crippen LogP contribution in [0.3, 0.4) is 0 Å². The molecule has 0 saturated heterocycles. The van der Waals surface area contributed by atoms with Crippen LogP contribution in [0.25, 0.3) is 10.6 Å². The van der Waals surface area contributed by atoms with Crippen molar-refractivity contribution in [1.29, 1.82) is 0 Å². The lowest BCUT2D eigenvalue weighted by Gasteiger charge is -2.22. The summed E-state index contributed by atoms with van der Waals surface area (Å²) >= 11 is 1.90. The van der Waals surface area contributed by atoms with Crippen molar-refractivity contribution in [1.82, 2.24) is 10.3 Å². The lowest BCUT2D eigenvalue weighted by atomic mass is 9.91. The molecule has 1 unspecified atom stereocenters. The Bertz CT molecular complexity index is 615. The van der Waals surface area contributed by atoms with E-state index < -0.39 is 0 Å². The first-order valence-electron chi connectivity index (χ1n) is 7.93. The van der Waals surface area contributed by atoms with Gasteiger partial charge in [0.25, 0.3) is 0 Å². The molecule has 21 heavy (non-hydrogen) atoms. The van der Waals surface area contributed by atoms with Crippen molar-refractivity contribution in [3.8, 4) is 10.6 Å². The quantitative estimate of drug-likeness (QED) is 0.897. The first kappa shape index (κ1) is 14.7. The Labute approximate surface area is 131 Å². The zero-order chi connectivity index (χ0) is 14.8. The molecule has 112 valence electrons. The van der Waals surface area contributed by atoms with Crippen molar-refractivity contribution in [2.24, 2.45) is 0 Å². The van der Waals surface area contributed by atoms with E-state index in [4.69, 9.17) is 4.98 Å². The van der Waals surface area contributed by atoms with Gasteiger partial charge in [-0.1, -0.05) is 37.6 Å². The van der Waals surface area contributed by atoms with Crippen LogP contribution in [-0.4, -0.2) is 17.6 Å². The van der Waals surface area contributed by atoms with Crippen molar-refractivity contribution in [3.05, 3.63) is 40.4 Å². The molecule has 1 atom stereocenters. The molecular formula is C18H24N2S. The van der Waals surface area contributed by atoms with Gasteiger partial charge in [0.1, 0.15) is 5.01 Å². The zero-order valence-electron chi connectivity index (χ0n) is 13.1. The second-order valence-corrected chi connectivity index (χ2v) is 7.43. The normalized spacial score (nSPS) is 18.0. The van der Waals surface area contributed by atoms with Crippen LogP contribution in [0.1, 0.15) is 48.7 Å². The van der Waals surface area contributed by atoms with E-state index in [0.29, 0.717) is 12.0 Å². The van der Waals surface area contributed by atoms with Crippen molar-refractivity contribution < 1.29 is 0 Å². The Morgan fingerprint density at radius 2 is 2.24 bits per heavy atom. The number of aryl methyl sites for hydroxylation is 2. The summed E-state index contributed by atoms with van der Waals surface area (Å²) in [5.74, 6) is 0.589. The average molecular weight is 300 g/mol. The highest BCUT2D eigenvalue weighted by atomic mass is 32.1. The van der Waals surface area contributed by atoms with E-state index >= 15 is 0 Å². The molecule has 1 N–H and O–H groups in total. The van der Waals surface area contributed by atoms with Crippen LogP contribution < -0.4 is 5.32 Å². The maximum atomic E-state index is 5.00. The highest BCUT2D eigenvalue weighted by Gasteiger charge is 2.25. The van der Waals surface area contributed by atoms with Crippen molar-refractivity contribution in [2.75, 3.05) is 6.54 Å². The summed E-state index contributed by atoms with van der Waals surface area (Å²) < 4.78 is 0. The predicted octanol–water partition coefficient (Wildman–Crippen LogP) is 4.54. The van der Waals surface area contributed by atoms with Gasteiger partial charge < -0.3 is 5.32 Å². The Hall–Kier alpha value is -1.19. The van der Waals surface area contributed by atoms with Gasteiger partial charge in [-0.05, 0) is 32.3 Å². The Morgan fingerprint density at radius 1 is 1.38 bits per heavy atom. The smallest absolute Gasteiger partial charge is 0.123 e. The molecule has 1 aromatic heterocycles. The third kappa shape index (κ3) is 3.35. The van der Waals surface area contributed by atoms with Crippen molar-refractivity contribution in [3.63, 3.8) is 0 Å². The molecular weight excluding hydrogens is 276 g/mol. The fourth-order valence-corrected chi connectivity index (χ4v) is 4.17. The summed E-state index contributed by atoms with van der Waals surface area (Å²) in [6.07, 6.45) is 3.77. The summed E-state index contributed by atoms with van der Waals surface area (Å²) in [7, 11) is 0. The molecule has 2 aromatic rings. The summed E-state index contributed by atoms with van der Waals surface area (Å²) in [5.41, 5.74) is 3.93. The van der Waals surface area contributed by atoms with Gasteiger partial charge in [-0.2, -0.15) is 0 Å². The Kier molecular flexibility index (Phi) is 4.41. The minimum atomic E-state index is 0.547. The number of hydrogen-bond donors (Lipinski definition) is 1. The minimum Gasteiger partial charge on any atom is -0.314 e. The van der Waals surface area contributed by atoms with Crippen LogP contribution in [0, 0.1) is 6.92 Å². The van der Waals surface area contributed by atoms with E-state index in [0.717, 1.165) is 6.54 Å². The van der Waals surface area contributed by atoms with E-state index in [1.54, 1.807) is 0 Å². The molecule has 1 heterocycles. The van der Waals surface area contributed by atoms with Gasteiger partial charge in [-0.25, -0.2) is 4.98 Å². The maximum Gasteiger partial charge on any atom is 0.123 e. The van der Waals surface area contributed by atoms with Crippen LogP contribution in [0.4, 0.5) is 0 Å². The second-order valence-electron chi connectivity index (χ2n) is 6.35. The molecule has 0 spiro atoms.